The van der Waals surface area contributed by atoms with Gasteiger partial charge >= 0.3 is 0 Å². The molecule has 0 fully saturated rings. The van der Waals surface area contributed by atoms with E-state index in [4.69, 9.17) is 0 Å². The van der Waals surface area contributed by atoms with Gasteiger partial charge < -0.3 is 15.5 Å². The van der Waals surface area contributed by atoms with Gasteiger partial charge in [-0.15, -0.1) is 10.2 Å². The van der Waals surface area contributed by atoms with Crippen LogP contribution in [0.15, 0.2) is 12.1 Å². The maximum atomic E-state index is 11.5. The molecular weight excluding hydrogens is 234 g/mol. The number of amides is 2. The van der Waals surface area contributed by atoms with Gasteiger partial charge in [-0.1, -0.05) is 0 Å². The second kappa shape index (κ2) is 6.53. The summed E-state index contributed by atoms with van der Waals surface area (Å²) in [5, 5.41) is 13.3. The van der Waals surface area contributed by atoms with Crippen LogP contribution in [0.5, 0.6) is 0 Å². The predicted octanol–water partition coefficient (Wildman–Crippen LogP) is -0.274. The molecule has 0 saturated carbocycles. The van der Waals surface area contributed by atoms with Crippen LogP contribution in [0.3, 0.4) is 0 Å². The molecule has 18 heavy (non-hydrogen) atoms. The van der Waals surface area contributed by atoms with Crippen molar-refractivity contribution in [2.75, 3.05) is 32.5 Å². The Kier molecular flexibility index (Phi) is 5.04. The third-order valence-electron chi connectivity index (χ3n) is 2.09. The Balaban J connectivity index is 2.45. The number of nitrogens with zero attached hydrogens (tertiary/aromatic N) is 3. The number of hydrogen-bond donors (Lipinski definition) is 2. The summed E-state index contributed by atoms with van der Waals surface area (Å²) in [5.74, 6) is 0.303. The normalized spacial score (nSPS) is 9.72. The van der Waals surface area contributed by atoms with E-state index in [9.17, 15) is 9.59 Å². The highest BCUT2D eigenvalue weighted by Crippen LogP contribution is 2.02. The lowest BCUT2D eigenvalue weighted by molar-refractivity contribution is -0.118. The number of carbonyl (C=O) groups excluding carboxylic acids is 2. The van der Waals surface area contributed by atoms with E-state index in [0.29, 0.717) is 24.6 Å². The minimum Gasteiger partial charge on any atom is -0.367 e. The Morgan fingerprint density at radius 2 is 1.94 bits per heavy atom. The standard InChI is InChI=1S/C11H17N5O2/c1-8(17)12-6-7-13-10-5-4-9(14-15-10)11(18)16(2)3/h4-5H,6-7H2,1-3H3,(H,12,17)(H,13,15). The first kappa shape index (κ1) is 13.9. The van der Waals surface area contributed by atoms with Gasteiger partial charge in [0.25, 0.3) is 5.91 Å². The monoisotopic (exact) mass is 251 g/mol. The van der Waals surface area contributed by atoms with Gasteiger partial charge in [0.2, 0.25) is 5.91 Å². The summed E-state index contributed by atoms with van der Waals surface area (Å²) in [6, 6.07) is 3.29. The molecule has 2 amide bonds. The molecule has 1 aromatic heterocycles. The molecule has 0 atom stereocenters. The van der Waals surface area contributed by atoms with Crippen molar-refractivity contribution in [1.29, 1.82) is 0 Å². The smallest absolute Gasteiger partial charge is 0.273 e. The van der Waals surface area contributed by atoms with Crippen molar-refractivity contribution in [2.24, 2.45) is 0 Å². The summed E-state index contributed by atoms with van der Waals surface area (Å²) < 4.78 is 0. The van der Waals surface area contributed by atoms with E-state index in [0.717, 1.165) is 0 Å². The first-order valence-corrected chi connectivity index (χ1v) is 5.54. The fourth-order valence-electron chi connectivity index (χ4n) is 1.20. The van der Waals surface area contributed by atoms with Crippen LogP contribution in [0.4, 0.5) is 5.82 Å². The highest BCUT2D eigenvalue weighted by Gasteiger charge is 2.09. The minimum atomic E-state index is -0.188. The van der Waals surface area contributed by atoms with Crippen molar-refractivity contribution in [3.05, 3.63) is 17.8 Å². The second-order valence-electron chi connectivity index (χ2n) is 3.91. The largest absolute Gasteiger partial charge is 0.367 e. The van der Waals surface area contributed by atoms with Gasteiger partial charge in [-0.25, -0.2) is 0 Å². The second-order valence-corrected chi connectivity index (χ2v) is 3.91. The summed E-state index contributed by atoms with van der Waals surface area (Å²) in [5.41, 5.74) is 0.299. The van der Waals surface area contributed by atoms with Gasteiger partial charge in [-0.3, -0.25) is 9.59 Å². The summed E-state index contributed by atoms with van der Waals surface area (Å²) in [6.07, 6.45) is 0. The molecule has 0 radical (unpaired) electrons. The SMILES string of the molecule is CC(=O)NCCNc1ccc(C(=O)N(C)C)nn1. The maximum absolute atomic E-state index is 11.5. The zero-order chi connectivity index (χ0) is 13.5. The maximum Gasteiger partial charge on any atom is 0.273 e. The van der Waals surface area contributed by atoms with E-state index in [1.807, 2.05) is 0 Å². The minimum absolute atomic E-state index is 0.0742. The summed E-state index contributed by atoms with van der Waals surface area (Å²) >= 11 is 0. The van der Waals surface area contributed by atoms with Gasteiger partial charge in [0.15, 0.2) is 5.69 Å². The van der Waals surface area contributed by atoms with Crippen LogP contribution >= 0.6 is 0 Å². The zero-order valence-electron chi connectivity index (χ0n) is 10.7. The number of carbonyl (C=O) groups is 2. The number of hydrogen-bond acceptors (Lipinski definition) is 5. The quantitative estimate of drug-likeness (QED) is 0.703. The highest BCUT2D eigenvalue weighted by molar-refractivity contribution is 5.91. The molecule has 98 valence electrons. The van der Waals surface area contributed by atoms with Crippen molar-refractivity contribution in [2.45, 2.75) is 6.92 Å². The molecule has 0 aliphatic heterocycles. The van der Waals surface area contributed by atoms with E-state index in [1.54, 1.807) is 26.2 Å². The molecule has 0 aliphatic rings. The van der Waals surface area contributed by atoms with E-state index in [2.05, 4.69) is 20.8 Å². The zero-order valence-corrected chi connectivity index (χ0v) is 10.7. The van der Waals surface area contributed by atoms with E-state index in [1.165, 1.54) is 11.8 Å². The molecule has 1 heterocycles. The molecule has 0 aliphatic carbocycles. The first-order chi connectivity index (χ1) is 8.50. The third kappa shape index (κ3) is 4.36. The van der Waals surface area contributed by atoms with Gasteiger partial charge in [0.1, 0.15) is 5.82 Å². The number of anilines is 1. The lowest BCUT2D eigenvalue weighted by Gasteiger charge is -2.09. The lowest BCUT2D eigenvalue weighted by atomic mass is 10.3. The van der Waals surface area contributed by atoms with Gasteiger partial charge in [-0.05, 0) is 12.1 Å². The van der Waals surface area contributed by atoms with Gasteiger partial charge in [-0.2, -0.15) is 0 Å². The molecule has 0 aromatic carbocycles. The Bertz CT molecular complexity index is 416. The summed E-state index contributed by atoms with van der Waals surface area (Å²) in [7, 11) is 3.31. The number of nitrogens with one attached hydrogen (secondary N) is 2. The van der Waals surface area contributed by atoms with Crippen LogP contribution in [-0.2, 0) is 4.79 Å². The van der Waals surface area contributed by atoms with Crippen LogP contribution < -0.4 is 10.6 Å². The van der Waals surface area contributed by atoms with Gasteiger partial charge in [0, 0.05) is 34.1 Å². The van der Waals surface area contributed by atoms with E-state index in [-0.39, 0.29) is 11.8 Å². The lowest BCUT2D eigenvalue weighted by Crippen LogP contribution is -2.26. The summed E-state index contributed by atoms with van der Waals surface area (Å²) in [6.45, 7) is 2.52. The predicted molar refractivity (Wildman–Crippen MR) is 67.2 cm³/mol. The fraction of sp³-hybridized carbons (Fsp3) is 0.455. The van der Waals surface area contributed by atoms with Crippen molar-refractivity contribution < 1.29 is 9.59 Å². The van der Waals surface area contributed by atoms with Crippen molar-refractivity contribution in [3.63, 3.8) is 0 Å². The molecule has 0 unspecified atom stereocenters. The van der Waals surface area contributed by atoms with Crippen molar-refractivity contribution in [3.8, 4) is 0 Å². The molecule has 1 aromatic rings. The number of rotatable bonds is 5. The fourth-order valence-corrected chi connectivity index (χ4v) is 1.20. The molecular formula is C11H17N5O2. The molecule has 0 spiro atoms. The Labute approximate surface area is 106 Å². The van der Waals surface area contributed by atoms with E-state index < -0.39 is 0 Å². The molecule has 0 bridgehead atoms. The first-order valence-electron chi connectivity index (χ1n) is 5.54. The molecule has 2 N–H and O–H groups in total. The molecule has 7 nitrogen and oxygen atoms in total. The Morgan fingerprint density at radius 3 is 2.44 bits per heavy atom. The van der Waals surface area contributed by atoms with Crippen molar-refractivity contribution >= 4 is 17.6 Å². The van der Waals surface area contributed by atoms with Crippen molar-refractivity contribution in [1.82, 2.24) is 20.4 Å². The van der Waals surface area contributed by atoms with Gasteiger partial charge in [0.05, 0.1) is 0 Å². The Hall–Kier alpha value is -2.18. The molecule has 7 heteroatoms. The highest BCUT2D eigenvalue weighted by atomic mass is 16.2. The van der Waals surface area contributed by atoms with Crippen LogP contribution in [-0.4, -0.2) is 54.1 Å². The molecule has 0 saturated heterocycles. The Morgan fingerprint density at radius 1 is 1.22 bits per heavy atom. The van der Waals surface area contributed by atoms with Crippen LogP contribution in [0.2, 0.25) is 0 Å². The van der Waals surface area contributed by atoms with Crippen LogP contribution in [0.25, 0.3) is 0 Å². The average molecular weight is 251 g/mol. The van der Waals surface area contributed by atoms with Crippen LogP contribution in [0.1, 0.15) is 17.4 Å². The molecule has 1 rings (SSSR count). The number of aromatic nitrogens is 2. The van der Waals surface area contributed by atoms with Crippen LogP contribution in [0, 0.1) is 0 Å². The summed E-state index contributed by atoms with van der Waals surface area (Å²) in [4.78, 5) is 23.6. The third-order valence-corrected chi connectivity index (χ3v) is 2.09. The topological polar surface area (TPSA) is 87.2 Å². The van der Waals surface area contributed by atoms with E-state index >= 15 is 0 Å². The average Bonchev–Trinajstić information content (AvgIpc) is 2.34.